The Morgan fingerprint density at radius 2 is 1.86 bits per heavy atom. The van der Waals surface area contributed by atoms with Crippen molar-refractivity contribution in [2.45, 2.75) is 6.92 Å². The van der Waals surface area contributed by atoms with E-state index in [4.69, 9.17) is 4.74 Å². The third kappa shape index (κ3) is 3.47. The van der Waals surface area contributed by atoms with Crippen molar-refractivity contribution in [2.75, 3.05) is 46.9 Å². The molecule has 7 heteroatoms. The van der Waals surface area contributed by atoms with E-state index in [1.807, 2.05) is 6.92 Å². The van der Waals surface area contributed by atoms with Gasteiger partial charge in [0, 0.05) is 46.5 Å². The number of ether oxygens (including phenoxy) is 1. The Morgan fingerprint density at radius 1 is 1.23 bits per heavy atom. The van der Waals surface area contributed by atoms with Gasteiger partial charge >= 0.3 is 6.03 Å². The molecule has 22 heavy (non-hydrogen) atoms. The van der Waals surface area contributed by atoms with Crippen LogP contribution in [0.5, 0.6) is 5.88 Å². The minimum absolute atomic E-state index is 0.0246. The normalized spacial score (nSPS) is 14.7. The maximum atomic E-state index is 12.6. The second-order valence-corrected chi connectivity index (χ2v) is 5.25. The average Bonchev–Trinajstić information content (AvgIpc) is 2.54. The number of piperazine rings is 1. The van der Waals surface area contributed by atoms with E-state index in [1.54, 1.807) is 47.1 Å². The van der Waals surface area contributed by atoms with E-state index in [2.05, 4.69) is 4.98 Å². The summed E-state index contributed by atoms with van der Waals surface area (Å²) in [5, 5.41) is 0. The second kappa shape index (κ2) is 7.11. The van der Waals surface area contributed by atoms with E-state index in [1.165, 1.54) is 0 Å². The Hall–Kier alpha value is -2.31. The van der Waals surface area contributed by atoms with Gasteiger partial charge < -0.3 is 19.4 Å². The van der Waals surface area contributed by atoms with Gasteiger partial charge in [-0.15, -0.1) is 0 Å². The van der Waals surface area contributed by atoms with Gasteiger partial charge in [0.05, 0.1) is 6.61 Å². The van der Waals surface area contributed by atoms with Crippen molar-refractivity contribution in [3.05, 3.63) is 23.9 Å². The molecular formula is C15H22N4O3. The minimum Gasteiger partial charge on any atom is -0.477 e. The smallest absolute Gasteiger partial charge is 0.319 e. The van der Waals surface area contributed by atoms with Gasteiger partial charge in [-0.1, -0.05) is 0 Å². The van der Waals surface area contributed by atoms with Gasteiger partial charge in [0.15, 0.2) is 0 Å². The van der Waals surface area contributed by atoms with Crippen molar-refractivity contribution in [3.8, 4) is 5.88 Å². The van der Waals surface area contributed by atoms with E-state index in [9.17, 15) is 9.59 Å². The van der Waals surface area contributed by atoms with Crippen LogP contribution in [0.4, 0.5) is 4.79 Å². The molecule has 0 atom stereocenters. The lowest BCUT2D eigenvalue weighted by Gasteiger charge is -2.36. The number of carbonyl (C=O) groups is 2. The van der Waals surface area contributed by atoms with Crippen LogP contribution < -0.4 is 4.74 Å². The van der Waals surface area contributed by atoms with Crippen molar-refractivity contribution in [2.24, 2.45) is 0 Å². The van der Waals surface area contributed by atoms with Crippen LogP contribution >= 0.6 is 0 Å². The van der Waals surface area contributed by atoms with Crippen LogP contribution in [-0.2, 0) is 0 Å². The molecule has 1 aliphatic heterocycles. The molecule has 1 aliphatic rings. The molecule has 1 saturated heterocycles. The van der Waals surface area contributed by atoms with Crippen molar-refractivity contribution >= 4 is 11.9 Å². The number of urea groups is 1. The third-order valence-corrected chi connectivity index (χ3v) is 3.50. The maximum absolute atomic E-state index is 12.6. The minimum atomic E-state index is -0.103. The van der Waals surface area contributed by atoms with E-state index < -0.39 is 0 Å². The number of hydrogen-bond donors (Lipinski definition) is 0. The lowest BCUT2D eigenvalue weighted by molar-refractivity contribution is 0.0645. The number of pyridine rings is 1. The highest BCUT2D eigenvalue weighted by molar-refractivity contribution is 5.96. The van der Waals surface area contributed by atoms with Crippen LogP contribution in [-0.4, -0.2) is 78.5 Å². The van der Waals surface area contributed by atoms with Crippen molar-refractivity contribution in [3.63, 3.8) is 0 Å². The Bertz CT molecular complexity index is 539. The monoisotopic (exact) mass is 306 g/mol. The van der Waals surface area contributed by atoms with Crippen LogP contribution in [0.25, 0.3) is 0 Å². The first kappa shape index (κ1) is 16.1. The summed E-state index contributed by atoms with van der Waals surface area (Å²) < 4.78 is 5.41. The highest BCUT2D eigenvalue weighted by Gasteiger charge is 2.27. The van der Waals surface area contributed by atoms with Gasteiger partial charge in [0.1, 0.15) is 5.56 Å². The molecule has 120 valence electrons. The van der Waals surface area contributed by atoms with Crippen LogP contribution in [0, 0.1) is 0 Å². The number of carbonyl (C=O) groups excluding carboxylic acids is 2. The zero-order valence-electron chi connectivity index (χ0n) is 13.3. The molecule has 0 radical (unpaired) electrons. The Morgan fingerprint density at radius 3 is 2.45 bits per heavy atom. The van der Waals surface area contributed by atoms with Crippen LogP contribution in [0.1, 0.15) is 17.3 Å². The fourth-order valence-corrected chi connectivity index (χ4v) is 2.36. The van der Waals surface area contributed by atoms with Crippen LogP contribution in [0.15, 0.2) is 18.3 Å². The summed E-state index contributed by atoms with van der Waals surface area (Å²) in [6.07, 6.45) is 1.61. The summed E-state index contributed by atoms with van der Waals surface area (Å²) in [5.41, 5.74) is 0.469. The predicted molar refractivity (Wildman–Crippen MR) is 82.0 cm³/mol. The zero-order chi connectivity index (χ0) is 16.1. The van der Waals surface area contributed by atoms with Crippen molar-refractivity contribution in [1.29, 1.82) is 0 Å². The number of nitrogens with zero attached hydrogens (tertiary/aromatic N) is 4. The number of rotatable bonds is 3. The van der Waals surface area contributed by atoms with E-state index in [-0.39, 0.29) is 11.9 Å². The maximum Gasteiger partial charge on any atom is 0.319 e. The SMILES string of the molecule is CCOc1ncccc1C(=O)N1CCN(C(=O)N(C)C)CC1. The number of aromatic nitrogens is 1. The first-order chi connectivity index (χ1) is 10.5. The molecule has 1 aromatic rings. The van der Waals surface area contributed by atoms with Gasteiger partial charge in [-0.05, 0) is 19.1 Å². The molecule has 3 amide bonds. The first-order valence-corrected chi connectivity index (χ1v) is 7.38. The Balaban J connectivity index is 2.02. The highest BCUT2D eigenvalue weighted by Crippen LogP contribution is 2.18. The summed E-state index contributed by atoms with van der Waals surface area (Å²) >= 11 is 0. The standard InChI is InChI=1S/C15H22N4O3/c1-4-22-13-12(6-5-7-16-13)14(20)18-8-10-19(11-9-18)15(21)17(2)3/h5-7H,4,8-11H2,1-3H3. The van der Waals surface area contributed by atoms with Crippen LogP contribution in [0.2, 0.25) is 0 Å². The number of hydrogen-bond acceptors (Lipinski definition) is 4. The van der Waals surface area contributed by atoms with E-state index in [0.29, 0.717) is 44.2 Å². The fraction of sp³-hybridized carbons (Fsp3) is 0.533. The topological polar surface area (TPSA) is 66.0 Å². The quantitative estimate of drug-likeness (QED) is 0.833. The molecule has 0 bridgehead atoms. The molecule has 7 nitrogen and oxygen atoms in total. The molecule has 0 unspecified atom stereocenters. The van der Waals surface area contributed by atoms with E-state index in [0.717, 1.165) is 0 Å². The lowest BCUT2D eigenvalue weighted by Crippen LogP contribution is -2.52. The number of amides is 3. The molecule has 0 saturated carbocycles. The van der Waals surface area contributed by atoms with Gasteiger partial charge in [-0.3, -0.25) is 4.79 Å². The second-order valence-electron chi connectivity index (χ2n) is 5.25. The highest BCUT2D eigenvalue weighted by atomic mass is 16.5. The van der Waals surface area contributed by atoms with Gasteiger partial charge in [-0.2, -0.15) is 0 Å². The average molecular weight is 306 g/mol. The molecule has 2 heterocycles. The third-order valence-electron chi connectivity index (χ3n) is 3.50. The summed E-state index contributed by atoms with van der Waals surface area (Å²) in [5.74, 6) is 0.260. The fourth-order valence-electron chi connectivity index (χ4n) is 2.36. The zero-order valence-corrected chi connectivity index (χ0v) is 13.3. The van der Waals surface area contributed by atoms with Crippen molar-refractivity contribution < 1.29 is 14.3 Å². The molecule has 2 rings (SSSR count). The molecule has 0 aromatic carbocycles. The van der Waals surface area contributed by atoms with Crippen LogP contribution in [0.3, 0.4) is 0 Å². The molecule has 0 spiro atoms. The summed E-state index contributed by atoms with van der Waals surface area (Å²) in [7, 11) is 3.45. The van der Waals surface area contributed by atoms with Gasteiger partial charge in [-0.25, -0.2) is 9.78 Å². The van der Waals surface area contributed by atoms with Crippen molar-refractivity contribution in [1.82, 2.24) is 19.7 Å². The largest absolute Gasteiger partial charge is 0.477 e. The molecule has 1 aromatic heterocycles. The summed E-state index contributed by atoms with van der Waals surface area (Å²) in [4.78, 5) is 33.6. The van der Waals surface area contributed by atoms with Gasteiger partial charge in [0.25, 0.3) is 5.91 Å². The van der Waals surface area contributed by atoms with Gasteiger partial charge in [0.2, 0.25) is 5.88 Å². The summed E-state index contributed by atoms with van der Waals surface area (Å²) in [6, 6.07) is 3.42. The lowest BCUT2D eigenvalue weighted by atomic mass is 10.2. The molecular weight excluding hydrogens is 284 g/mol. The van der Waals surface area contributed by atoms with E-state index >= 15 is 0 Å². The first-order valence-electron chi connectivity index (χ1n) is 7.38. The molecule has 1 fully saturated rings. The summed E-state index contributed by atoms with van der Waals surface area (Å²) in [6.45, 7) is 4.41. The molecule has 0 N–H and O–H groups in total. The predicted octanol–water partition coefficient (Wildman–Crippen LogP) is 0.920. The Kier molecular flexibility index (Phi) is 5.19. The molecule has 0 aliphatic carbocycles. The Labute approximate surface area is 130 Å².